The van der Waals surface area contributed by atoms with E-state index in [9.17, 15) is 15.0 Å². The minimum Gasteiger partial charge on any atom is -0.395 e. The number of pyridine rings is 1. The zero-order valence-corrected chi connectivity index (χ0v) is 20.4. The topological polar surface area (TPSA) is 95.1 Å². The summed E-state index contributed by atoms with van der Waals surface area (Å²) in [5.74, 6) is 0.133. The highest BCUT2D eigenvalue weighted by atomic mass is 32.1. The van der Waals surface area contributed by atoms with Crippen LogP contribution in [0.1, 0.15) is 29.5 Å². The summed E-state index contributed by atoms with van der Waals surface area (Å²) in [5.41, 5.74) is 5.79. The van der Waals surface area contributed by atoms with E-state index in [2.05, 4.69) is 47.1 Å². The summed E-state index contributed by atoms with van der Waals surface area (Å²) in [5, 5.41) is 21.3. The zero-order chi connectivity index (χ0) is 24.3. The third-order valence-electron chi connectivity index (χ3n) is 5.70. The van der Waals surface area contributed by atoms with Gasteiger partial charge in [-0.3, -0.25) is 4.79 Å². The van der Waals surface area contributed by atoms with Crippen molar-refractivity contribution >= 4 is 35.9 Å². The van der Waals surface area contributed by atoms with Gasteiger partial charge in [0, 0.05) is 36.2 Å². The molecule has 1 aliphatic rings. The molecule has 0 spiro atoms. The van der Waals surface area contributed by atoms with Crippen LogP contribution in [0, 0.1) is 0 Å². The number of nitrogens with zero attached hydrogens (tertiary/aromatic N) is 2. The quantitative estimate of drug-likeness (QED) is 0.119. The summed E-state index contributed by atoms with van der Waals surface area (Å²) in [4.78, 5) is 23.9. The van der Waals surface area contributed by atoms with E-state index < -0.39 is 6.23 Å². The van der Waals surface area contributed by atoms with E-state index in [4.69, 9.17) is 4.89 Å². The Morgan fingerprint density at radius 3 is 2.59 bits per heavy atom. The number of thiol groups is 1. The molecular weight excluding hydrogens is 454 g/mol. The van der Waals surface area contributed by atoms with Crippen molar-refractivity contribution in [3.63, 3.8) is 0 Å². The summed E-state index contributed by atoms with van der Waals surface area (Å²) in [6, 6.07) is 10.2. The predicted octanol–water partition coefficient (Wildman–Crippen LogP) is 1.59. The Balaban J connectivity index is 1.72. The Bertz CT molecular complexity index is 962. The molecule has 0 saturated carbocycles. The van der Waals surface area contributed by atoms with Gasteiger partial charge < -0.3 is 20.4 Å². The number of anilines is 1. The number of fused-ring (bicyclic) bond motifs is 1. The molecule has 9 heteroatoms. The number of nitrogens with one attached hydrogen (secondary N) is 1. The molecule has 0 bridgehead atoms. The van der Waals surface area contributed by atoms with Gasteiger partial charge >= 0.3 is 0 Å². The van der Waals surface area contributed by atoms with Crippen molar-refractivity contribution in [2.24, 2.45) is 0 Å². The Labute approximate surface area is 206 Å². The molecule has 1 aromatic heterocycles. The monoisotopic (exact) mass is 488 g/mol. The number of hydrogen-bond donors (Lipinski definition) is 4. The van der Waals surface area contributed by atoms with E-state index in [0.29, 0.717) is 18.8 Å². The molecular formula is C25H34N3O5S+. The van der Waals surface area contributed by atoms with Crippen LogP contribution in [0.3, 0.4) is 0 Å². The SMILES string of the molecule is COOC(CS)NC(=O)C[n+]1ccc2c(c1)CCC/C2=C\c1ccc(N(CCO)CCO)cc1. The van der Waals surface area contributed by atoms with Crippen molar-refractivity contribution in [1.29, 1.82) is 0 Å². The number of aliphatic hydroxyl groups excluding tert-OH is 2. The molecule has 3 N–H and O–H groups in total. The highest BCUT2D eigenvalue weighted by molar-refractivity contribution is 7.80. The molecule has 1 aromatic carbocycles. The fourth-order valence-corrected chi connectivity index (χ4v) is 4.31. The number of aliphatic hydroxyl groups is 2. The fraction of sp³-hybridized carbons (Fsp3) is 0.440. The van der Waals surface area contributed by atoms with Gasteiger partial charge in [-0.05, 0) is 48.1 Å². The summed E-state index contributed by atoms with van der Waals surface area (Å²) in [6.07, 6.45) is 8.60. The lowest BCUT2D eigenvalue weighted by Gasteiger charge is -2.23. The van der Waals surface area contributed by atoms with Crippen molar-refractivity contribution in [2.45, 2.75) is 32.0 Å². The molecule has 34 heavy (non-hydrogen) atoms. The summed E-state index contributed by atoms with van der Waals surface area (Å²) in [7, 11) is 1.39. The van der Waals surface area contributed by atoms with Crippen LogP contribution in [0.2, 0.25) is 0 Å². The molecule has 184 valence electrons. The number of amides is 1. The number of allylic oxidation sites excluding steroid dienone is 1. The number of aromatic nitrogens is 1. The first-order chi connectivity index (χ1) is 16.6. The Morgan fingerprint density at radius 2 is 1.94 bits per heavy atom. The molecule has 0 radical (unpaired) electrons. The van der Waals surface area contributed by atoms with Crippen LogP contribution in [-0.4, -0.2) is 61.5 Å². The first-order valence-electron chi connectivity index (χ1n) is 11.5. The maximum absolute atomic E-state index is 12.3. The lowest BCUT2D eigenvalue weighted by molar-refractivity contribution is -0.685. The van der Waals surface area contributed by atoms with Gasteiger partial charge in [0.2, 0.25) is 6.54 Å². The van der Waals surface area contributed by atoms with Crippen LogP contribution in [0.5, 0.6) is 0 Å². The molecule has 1 amide bonds. The average Bonchev–Trinajstić information content (AvgIpc) is 2.84. The first kappa shape index (κ1) is 26.2. The largest absolute Gasteiger partial charge is 0.395 e. The second-order valence-electron chi connectivity index (χ2n) is 8.11. The minimum absolute atomic E-state index is 0.0426. The molecule has 8 nitrogen and oxygen atoms in total. The summed E-state index contributed by atoms with van der Waals surface area (Å²) < 4.78 is 1.88. The second kappa shape index (κ2) is 13.5. The molecule has 1 unspecified atom stereocenters. The highest BCUT2D eigenvalue weighted by Gasteiger charge is 2.20. The summed E-state index contributed by atoms with van der Waals surface area (Å²) in [6.45, 7) is 1.24. The molecule has 1 aliphatic carbocycles. The van der Waals surface area contributed by atoms with Crippen LogP contribution in [0.25, 0.3) is 11.6 Å². The van der Waals surface area contributed by atoms with Gasteiger partial charge in [0.05, 0.1) is 20.3 Å². The number of carbonyl (C=O) groups excluding carboxylic acids is 1. The average molecular weight is 489 g/mol. The van der Waals surface area contributed by atoms with E-state index in [1.54, 1.807) is 0 Å². The Kier molecular flexibility index (Phi) is 10.4. The van der Waals surface area contributed by atoms with E-state index in [1.165, 1.54) is 23.8 Å². The highest BCUT2D eigenvalue weighted by Crippen LogP contribution is 2.31. The number of aryl methyl sites for hydroxylation is 1. The van der Waals surface area contributed by atoms with Crippen molar-refractivity contribution in [3.05, 3.63) is 59.4 Å². The van der Waals surface area contributed by atoms with Crippen molar-refractivity contribution in [1.82, 2.24) is 5.32 Å². The second-order valence-corrected chi connectivity index (χ2v) is 8.47. The molecule has 1 heterocycles. The van der Waals surface area contributed by atoms with E-state index in [0.717, 1.165) is 30.5 Å². The number of rotatable bonds is 12. The van der Waals surface area contributed by atoms with Crippen LogP contribution < -0.4 is 14.8 Å². The van der Waals surface area contributed by atoms with Gasteiger partial charge in [0.15, 0.2) is 18.6 Å². The molecule has 0 saturated heterocycles. The van der Waals surface area contributed by atoms with E-state index in [-0.39, 0.29) is 25.7 Å². The first-order valence-corrected chi connectivity index (χ1v) is 12.1. The van der Waals surface area contributed by atoms with Gasteiger partial charge in [-0.15, -0.1) is 0 Å². The van der Waals surface area contributed by atoms with Gasteiger partial charge in [0.25, 0.3) is 5.91 Å². The lowest BCUT2D eigenvalue weighted by Crippen LogP contribution is -2.47. The smallest absolute Gasteiger partial charge is 0.288 e. The van der Waals surface area contributed by atoms with Crippen LogP contribution in [-0.2, 0) is 27.5 Å². The Morgan fingerprint density at radius 1 is 1.21 bits per heavy atom. The molecule has 3 rings (SSSR count). The maximum atomic E-state index is 12.3. The van der Waals surface area contributed by atoms with Crippen molar-refractivity contribution in [2.75, 3.05) is 44.1 Å². The van der Waals surface area contributed by atoms with E-state index in [1.807, 2.05) is 34.0 Å². The van der Waals surface area contributed by atoms with E-state index >= 15 is 0 Å². The molecule has 0 fully saturated rings. The zero-order valence-electron chi connectivity index (χ0n) is 19.5. The van der Waals surface area contributed by atoms with Crippen LogP contribution >= 0.6 is 12.6 Å². The van der Waals surface area contributed by atoms with Gasteiger partial charge in [0.1, 0.15) is 0 Å². The predicted molar refractivity (Wildman–Crippen MR) is 134 cm³/mol. The van der Waals surface area contributed by atoms with Gasteiger partial charge in [-0.25, -0.2) is 9.78 Å². The molecule has 1 atom stereocenters. The van der Waals surface area contributed by atoms with Gasteiger partial charge in [-0.1, -0.05) is 18.2 Å². The number of benzene rings is 1. The number of carbonyl (C=O) groups is 1. The maximum Gasteiger partial charge on any atom is 0.288 e. The van der Waals surface area contributed by atoms with Crippen molar-refractivity contribution in [3.8, 4) is 0 Å². The summed E-state index contributed by atoms with van der Waals surface area (Å²) >= 11 is 4.15. The molecule has 0 aliphatic heterocycles. The van der Waals surface area contributed by atoms with Crippen LogP contribution in [0.4, 0.5) is 5.69 Å². The Hall–Kier alpha value is -2.43. The van der Waals surface area contributed by atoms with Gasteiger partial charge in [-0.2, -0.15) is 17.2 Å². The lowest BCUT2D eigenvalue weighted by atomic mass is 9.87. The molecule has 2 aromatic rings. The fourth-order valence-electron chi connectivity index (χ4n) is 4.16. The van der Waals surface area contributed by atoms with Crippen LogP contribution in [0.15, 0.2) is 42.7 Å². The number of hydrogen-bond acceptors (Lipinski definition) is 7. The normalized spacial score (nSPS) is 15.1. The minimum atomic E-state index is -0.598. The standard InChI is InChI=1S/C25H33N3O5S/c1-32-33-25(18-34)26-24(31)17-27-10-9-23-20(3-2-4-21(23)16-27)15-19-5-7-22(8-6-19)28(11-13-29)12-14-30/h5-10,15-16,25,29-30H,2-4,11-14,17-18H2,1H3,(H-,26,31,34)/p+1. The van der Waals surface area contributed by atoms with Crippen molar-refractivity contribution < 1.29 is 29.3 Å². The third-order valence-corrected chi connectivity index (χ3v) is 6.04. The third kappa shape index (κ3) is 7.28.